The van der Waals surface area contributed by atoms with Gasteiger partial charge >= 0.3 is 0 Å². The Morgan fingerprint density at radius 3 is 0.950 bits per heavy atom. The van der Waals surface area contributed by atoms with Crippen molar-refractivity contribution in [2.45, 2.75) is 117 Å². The molecule has 3 aromatic rings. The van der Waals surface area contributed by atoms with Crippen LogP contribution in [0.4, 0.5) is 0 Å². The van der Waals surface area contributed by atoms with Crippen molar-refractivity contribution in [1.29, 1.82) is 0 Å². The number of hydrogen-bond acceptors (Lipinski definition) is 3. The molecule has 212 valence electrons. The summed E-state index contributed by atoms with van der Waals surface area (Å²) in [6.07, 6.45) is 6.87. The van der Waals surface area contributed by atoms with Gasteiger partial charge in [-0.3, -0.25) is 0 Å². The van der Waals surface area contributed by atoms with Crippen molar-refractivity contribution in [3.63, 3.8) is 0 Å². The van der Waals surface area contributed by atoms with Gasteiger partial charge in [-0.05, 0) is 208 Å². The van der Waals surface area contributed by atoms with Gasteiger partial charge < -0.3 is 15.3 Å². The first-order chi connectivity index (χ1) is 18.7. The standard InChI is InChI=1S/C37H46O3/c1-19-10-29(38)22(4)25(7)32(19)35-13-28-14-36(16-35,33-20(2)11-30(39)23(5)26(33)8)18-37(15-28,17-35)34-21(3)12-31(40)24(6)27(34)9/h10-12,28,38-40H,13-18H2,1-9H3. The highest BCUT2D eigenvalue weighted by Gasteiger charge is 2.65. The van der Waals surface area contributed by atoms with Crippen LogP contribution in [0.1, 0.15) is 105 Å². The molecule has 0 spiro atoms. The fourth-order valence-corrected chi connectivity index (χ4v) is 10.9. The molecular weight excluding hydrogens is 492 g/mol. The van der Waals surface area contributed by atoms with Crippen LogP contribution in [-0.2, 0) is 16.2 Å². The maximum absolute atomic E-state index is 10.8. The zero-order valence-corrected chi connectivity index (χ0v) is 25.9. The summed E-state index contributed by atoms with van der Waals surface area (Å²) in [7, 11) is 0. The van der Waals surface area contributed by atoms with Gasteiger partial charge in [0.25, 0.3) is 0 Å². The Morgan fingerprint density at radius 2 is 0.700 bits per heavy atom. The Bertz CT molecular complexity index is 1400. The third kappa shape index (κ3) is 3.48. The average Bonchev–Trinajstić information content (AvgIpc) is 2.83. The minimum atomic E-state index is 0.00137. The highest BCUT2D eigenvalue weighted by molar-refractivity contribution is 5.59. The molecule has 4 bridgehead atoms. The predicted molar refractivity (Wildman–Crippen MR) is 163 cm³/mol. The van der Waals surface area contributed by atoms with E-state index in [1.165, 1.54) is 69.3 Å². The van der Waals surface area contributed by atoms with Gasteiger partial charge in [0, 0.05) is 0 Å². The average molecular weight is 539 g/mol. The van der Waals surface area contributed by atoms with Gasteiger partial charge in [0.1, 0.15) is 17.2 Å². The van der Waals surface area contributed by atoms with Crippen molar-refractivity contribution in [2.24, 2.45) is 5.92 Å². The second kappa shape index (κ2) is 8.54. The molecule has 4 saturated carbocycles. The normalized spacial score (nSPS) is 28.9. The van der Waals surface area contributed by atoms with E-state index in [1.54, 1.807) is 0 Å². The molecule has 0 amide bonds. The molecule has 0 aliphatic heterocycles. The summed E-state index contributed by atoms with van der Waals surface area (Å²) in [5.74, 6) is 1.78. The Labute approximate surface area is 240 Å². The largest absolute Gasteiger partial charge is 0.508 e. The first-order valence-corrected chi connectivity index (χ1v) is 15.1. The molecule has 3 N–H and O–H groups in total. The molecule has 0 atom stereocenters. The smallest absolute Gasteiger partial charge is 0.119 e. The summed E-state index contributed by atoms with van der Waals surface area (Å²) in [6.45, 7) is 19.4. The van der Waals surface area contributed by atoms with E-state index in [0.717, 1.165) is 36.0 Å². The number of benzene rings is 3. The van der Waals surface area contributed by atoms with E-state index in [0.29, 0.717) is 23.2 Å². The monoisotopic (exact) mass is 538 g/mol. The zero-order valence-electron chi connectivity index (χ0n) is 25.9. The summed E-state index contributed by atoms with van der Waals surface area (Å²) in [5, 5.41) is 32.3. The molecular formula is C37H46O3. The van der Waals surface area contributed by atoms with Crippen LogP contribution in [0.2, 0.25) is 0 Å². The van der Waals surface area contributed by atoms with E-state index in [4.69, 9.17) is 0 Å². The number of rotatable bonds is 3. The summed E-state index contributed by atoms with van der Waals surface area (Å²) >= 11 is 0. The zero-order chi connectivity index (χ0) is 29.1. The fraction of sp³-hybridized carbons (Fsp3) is 0.514. The quantitative estimate of drug-likeness (QED) is 0.313. The molecule has 4 aliphatic rings. The molecule has 4 aliphatic carbocycles. The second-order valence-electron chi connectivity index (χ2n) is 14.4. The molecule has 0 unspecified atom stereocenters. The molecule has 0 aromatic heterocycles. The topological polar surface area (TPSA) is 60.7 Å². The van der Waals surface area contributed by atoms with E-state index in [1.807, 2.05) is 18.2 Å². The van der Waals surface area contributed by atoms with Crippen LogP contribution >= 0.6 is 0 Å². The van der Waals surface area contributed by atoms with Crippen molar-refractivity contribution in [3.8, 4) is 17.2 Å². The Morgan fingerprint density at radius 1 is 0.450 bits per heavy atom. The van der Waals surface area contributed by atoms with Gasteiger partial charge in [-0.25, -0.2) is 0 Å². The van der Waals surface area contributed by atoms with Gasteiger partial charge in [0.05, 0.1) is 0 Å². The third-order valence-corrected chi connectivity index (χ3v) is 11.9. The van der Waals surface area contributed by atoms with E-state index in [-0.39, 0.29) is 16.2 Å². The minimum absolute atomic E-state index is 0.00137. The number of phenols is 3. The predicted octanol–water partition coefficient (Wildman–Crippen LogP) is 8.69. The summed E-state index contributed by atoms with van der Waals surface area (Å²) in [5.41, 5.74) is 14.7. The second-order valence-corrected chi connectivity index (χ2v) is 14.4. The van der Waals surface area contributed by atoms with E-state index >= 15 is 0 Å². The SMILES string of the molecule is Cc1cc(O)c(C)c(C)c1C12CC3CC(c4c(C)cc(O)c(C)c4C)(C1)CC(c1c(C)cc(O)c(C)c1C)(C3)C2. The Hall–Kier alpha value is -2.94. The highest BCUT2D eigenvalue weighted by Crippen LogP contribution is 2.72. The third-order valence-electron chi connectivity index (χ3n) is 11.9. The Balaban J connectivity index is 1.69. The van der Waals surface area contributed by atoms with E-state index in [9.17, 15) is 15.3 Å². The molecule has 3 aromatic carbocycles. The minimum Gasteiger partial charge on any atom is -0.508 e. The van der Waals surface area contributed by atoms with Gasteiger partial charge in [-0.2, -0.15) is 0 Å². The van der Waals surface area contributed by atoms with Crippen LogP contribution in [0.3, 0.4) is 0 Å². The highest BCUT2D eigenvalue weighted by atomic mass is 16.3. The Kier molecular flexibility index (Phi) is 5.81. The lowest BCUT2D eigenvalue weighted by molar-refractivity contribution is -0.0507. The maximum atomic E-state index is 10.8. The summed E-state index contributed by atoms with van der Waals surface area (Å²) in [6, 6.07) is 5.99. The van der Waals surface area contributed by atoms with E-state index in [2.05, 4.69) is 62.3 Å². The van der Waals surface area contributed by atoms with Crippen LogP contribution in [-0.4, -0.2) is 15.3 Å². The summed E-state index contributed by atoms with van der Waals surface area (Å²) < 4.78 is 0. The van der Waals surface area contributed by atoms with Crippen molar-refractivity contribution in [1.82, 2.24) is 0 Å². The number of hydrogen-bond donors (Lipinski definition) is 3. The summed E-state index contributed by atoms with van der Waals surface area (Å²) in [4.78, 5) is 0. The van der Waals surface area contributed by atoms with Gasteiger partial charge in [0.15, 0.2) is 0 Å². The lowest BCUT2D eigenvalue weighted by Gasteiger charge is -2.68. The van der Waals surface area contributed by atoms with Gasteiger partial charge in [0.2, 0.25) is 0 Å². The van der Waals surface area contributed by atoms with Crippen molar-refractivity contribution >= 4 is 0 Å². The first kappa shape index (κ1) is 27.2. The van der Waals surface area contributed by atoms with Crippen molar-refractivity contribution in [2.75, 3.05) is 0 Å². The van der Waals surface area contributed by atoms with Crippen LogP contribution in [0.25, 0.3) is 0 Å². The molecule has 0 saturated heterocycles. The maximum Gasteiger partial charge on any atom is 0.119 e. The van der Waals surface area contributed by atoms with Gasteiger partial charge in [-0.1, -0.05) is 0 Å². The molecule has 0 heterocycles. The van der Waals surface area contributed by atoms with Crippen molar-refractivity contribution < 1.29 is 15.3 Å². The molecule has 3 heteroatoms. The molecule has 40 heavy (non-hydrogen) atoms. The van der Waals surface area contributed by atoms with E-state index < -0.39 is 0 Å². The van der Waals surface area contributed by atoms with Crippen LogP contribution in [0.15, 0.2) is 18.2 Å². The van der Waals surface area contributed by atoms with Gasteiger partial charge in [-0.15, -0.1) is 0 Å². The molecule has 3 nitrogen and oxygen atoms in total. The molecule has 0 radical (unpaired) electrons. The number of aromatic hydroxyl groups is 3. The molecule has 4 fully saturated rings. The number of phenolic OH excluding ortho intramolecular Hbond substituents is 3. The number of aryl methyl sites for hydroxylation is 3. The lowest BCUT2D eigenvalue weighted by Crippen LogP contribution is -2.62. The first-order valence-electron chi connectivity index (χ1n) is 15.1. The lowest BCUT2D eigenvalue weighted by atomic mass is 9.35. The van der Waals surface area contributed by atoms with Crippen molar-refractivity contribution in [3.05, 3.63) is 85.0 Å². The van der Waals surface area contributed by atoms with Crippen LogP contribution in [0, 0.1) is 68.2 Å². The van der Waals surface area contributed by atoms with Crippen LogP contribution < -0.4 is 0 Å². The fourth-order valence-electron chi connectivity index (χ4n) is 10.9. The molecule has 7 rings (SSSR count). The van der Waals surface area contributed by atoms with Crippen LogP contribution in [0.5, 0.6) is 17.2 Å².